The highest BCUT2D eigenvalue weighted by atomic mass is 19.4. The van der Waals surface area contributed by atoms with Gasteiger partial charge in [0.15, 0.2) is 0 Å². The summed E-state index contributed by atoms with van der Waals surface area (Å²) in [6, 6.07) is -0.187. The number of alkyl halides is 6. The van der Waals surface area contributed by atoms with Crippen molar-refractivity contribution >= 4 is 11.9 Å². The van der Waals surface area contributed by atoms with E-state index < -0.39 is 53.4 Å². The molecule has 1 aromatic carbocycles. The van der Waals surface area contributed by atoms with E-state index >= 15 is 0 Å². The highest BCUT2D eigenvalue weighted by Gasteiger charge is 2.37. The molecule has 150 valence electrons. The summed E-state index contributed by atoms with van der Waals surface area (Å²) in [5.74, 6) is -1.70. The summed E-state index contributed by atoms with van der Waals surface area (Å²) in [5, 5.41) is 2.24. The van der Waals surface area contributed by atoms with Crippen molar-refractivity contribution in [3.63, 3.8) is 0 Å². The van der Waals surface area contributed by atoms with Gasteiger partial charge in [-0.15, -0.1) is 6.58 Å². The van der Waals surface area contributed by atoms with Crippen LogP contribution in [0.25, 0.3) is 0 Å². The summed E-state index contributed by atoms with van der Waals surface area (Å²) in [6.07, 6.45) is -8.85. The fraction of sp³-hybridized carbons (Fsp3) is 0.412. The fourth-order valence-electron chi connectivity index (χ4n) is 2.23. The Morgan fingerprint density at radius 3 is 2.04 bits per heavy atom. The summed E-state index contributed by atoms with van der Waals surface area (Å²) < 4.78 is 81.5. The molecule has 1 aromatic rings. The first-order valence-electron chi connectivity index (χ1n) is 7.65. The number of esters is 1. The van der Waals surface area contributed by atoms with Gasteiger partial charge < -0.3 is 10.1 Å². The third kappa shape index (κ3) is 6.95. The van der Waals surface area contributed by atoms with Gasteiger partial charge in [0, 0.05) is 0 Å². The highest BCUT2D eigenvalue weighted by molar-refractivity contribution is 5.85. The third-order valence-electron chi connectivity index (χ3n) is 3.49. The summed E-state index contributed by atoms with van der Waals surface area (Å²) in [7, 11) is 1.08. The molecule has 0 aliphatic rings. The molecule has 0 fully saturated rings. The molecule has 0 aliphatic heterocycles. The number of hydrogen-bond donors (Lipinski definition) is 1. The molecule has 1 N–H and O–H groups in total. The molecule has 10 heteroatoms. The van der Waals surface area contributed by atoms with Crippen LogP contribution in [0.1, 0.15) is 29.5 Å². The summed E-state index contributed by atoms with van der Waals surface area (Å²) in [5.41, 5.74) is -3.52. The van der Waals surface area contributed by atoms with Crippen LogP contribution in [0.15, 0.2) is 30.9 Å². The van der Waals surface area contributed by atoms with Gasteiger partial charge in [0.1, 0.15) is 6.04 Å². The van der Waals surface area contributed by atoms with E-state index in [0.29, 0.717) is 18.6 Å². The summed E-state index contributed by atoms with van der Waals surface area (Å²) in [6.45, 7) is 3.45. The lowest BCUT2D eigenvalue weighted by Crippen LogP contribution is -2.42. The number of ether oxygens (including phenoxy) is 1. The van der Waals surface area contributed by atoms with E-state index in [0.717, 1.165) is 7.11 Å². The largest absolute Gasteiger partial charge is 0.467 e. The molecule has 0 radical (unpaired) electrons. The number of halogens is 6. The standard InChI is InChI=1S/C17H17F6NO3/c1-3-4-5-13(15(26)27-2)24-14(25)8-10-6-11(16(18,19)20)9-12(7-10)17(21,22)23/h3,6-7,9,13H,1,4-5,8H2,2H3,(H,24,25)/t13-/m0/s1. The minimum Gasteiger partial charge on any atom is -0.467 e. The fourth-order valence-corrected chi connectivity index (χ4v) is 2.23. The third-order valence-corrected chi connectivity index (χ3v) is 3.49. The van der Waals surface area contributed by atoms with Gasteiger partial charge in [-0.3, -0.25) is 4.79 Å². The predicted octanol–water partition coefficient (Wildman–Crippen LogP) is 3.89. The Morgan fingerprint density at radius 2 is 1.63 bits per heavy atom. The molecule has 4 nitrogen and oxygen atoms in total. The van der Waals surface area contributed by atoms with Gasteiger partial charge in [-0.1, -0.05) is 6.08 Å². The minimum absolute atomic E-state index is 0.0251. The topological polar surface area (TPSA) is 55.4 Å². The molecule has 1 atom stereocenters. The molecular formula is C17H17F6NO3. The van der Waals surface area contributed by atoms with E-state index in [1.165, 1.54) is 6.08 Å². The van der Waals surface area contributed by atoms with Crippen LogP contribution in [0.4, 0.5) is 26.3 Å². The average molecular weight is 397 g/mol. The Balaban J connectivity index is 3.06. The van der Waals surface area contributed by atoms with E-state index in [1.54, 1.807) is 0 Å². The van der Waals surface area contributed by atoms with E-state index in [1.807, 2.05) is 0 Å². The van der Waals surface area contributed by atoms with Gasteiger partial charge in [-0.2, -0.15) is 26.3 Å². The Labute approximate surface area is 151 Å². The molecule has 0 spiro atoms. The molecule has 0 saturated heterocycles. The van der Waals surface area contributed by atoms with Crippen molar-refractivity contribution in [3.8, 4) is 0 Å². The molecule has 1 amide bonds. The molecule has 0 bridgehead atoms. The second-order valence-corrected chi connectivity index (χ2v) is 5.60. The number of amides is 1. The van der Waals surface area contributed by atoms with Crippen molar-refractivity contribution in [2.75, 3.05) is 7.11 Å². The van der Waals surface area contributed by atoms with Gasteiger partial charge in [0.25, 0.3) is 0 Å². The zero-order chi connectivity index (χ0) is 20.8. The average Bonchev–Trinajstić information content (AvgIpc) is 2.55. The number of hydrogen-bond acceptors (Lipinski definition) is 3. The van der Waals surface area contributed by atoms with Crippen molar-refractivity contribution < 1.29 is 40.7 Å². The van der Waals surface area contributed by atoms with Crippen molar-refractivity contribution in [1.82, 2.24) is 5.32 Å². The van der Waals surface area contributed by atoms with Crippen LogP contribution in [0.2, 0.25) is 0 Å². The molecule has 0 heterocycles. The van der Waals surface area contributed by atoms with E-state index in [4.69, 9.17) is 0 Å². The molecule has 1 rings (SSSR count). The minimum atomic E-state index is -5.01. The van der Waals surface area contributed by atoms with Crippen molar-refractivity contribution in [2.24, 2.45) is 0 Å². The number of benzene rings is 1. The molecule has 0 saturated carbocycles. The van der Waals surface area contributed by atoms with Crippen molar-refractivity contribution in [1.29, 1.82) is 0 Å². The second-order valence-electron chi connectivity index (χ2n) is 5.60. The number of methoxy groups -OCH3 is 1. The number of carbonyl (C=O) groups excluding carboxylic acids is 2. The lowest BCUT2D eigenvalue weighted by molar-refractivity contribution is -0.145. The number of nitrogens with one attached hydrogen (secondary N) is 1. The molecular weight excluding hydrogens is 380 g/mol. The van der Waals surface area contributed by atoms with E-state index in [2.05, 4.69) is 16.6 Å². The lowest BCUT2D eigenvalue weighted by Gasteiger charge is -2.17. The molecule has 0 aromatic heterocycles. The van der Waals surface area contributed by atoms with E-state index in [-0.39, 0.29) is 12.5 Å². The van der Waals surface area contributed by atoms with Crippen molar-refractivity contribution in [2.45, 2.75) is 37.7 Å². The second kappa shape index (κ2) is 8.92. The molecule has 0 unspecified atom stereocenters. The van der Waals surface area contributed by atoms with Crippen LogP contribution >= 0.6 is 0 Å². The lowest BCUT2D eigenvalue weighted by atomic mass is 10.0. The summed E-state index contributed by atoms with van der Waals surface area (Å²) in [4.78, 5) is 23.6. The number of rotatable bonds is 7. The highest BCUT2D eigenvalue weighted by Crippen LogP contribution is 2.36. The number of carbonyl (C=O) groups is 2. The number of allylic oxidation sites excluding steroid dienone is 1. The van der Waals surface area contributed by atoms with E-state index in [9.17, 15) is 35.9 Å². The van der Waals surface area contributed by atoms with Crippen LogP contribution < -0.4 is 5.32 Å². The molecule has 0 aliphatic carbocycles. The predicted molar refractivity (Wildman–Crippen MR) is 83.5 cm³/mol. The zero-order valence-corrected chi connectivity index (χ0v) is 14.2. The first-order chi connectivity index (χ1) is 12.4. The van der Waals surface area contributed by atoms with Crippen LogP contribution in [0.3, 0.4) is 0 Å². The SMILES string of the molecule is C=CCC[C@H](NC(=O)Cc1cc(C(F)(F)F)cc(C(F)(F)F)c1)C(=O)OC. The summed E-state index contributed by atoms with van der Waals surface area (Å²) >= 11 is 0. The quantitative estimate of drug-likeness (QED) is 0.432. The maximum atomic E-state index is 12.8. The Morgan fingerprint density at radius 1 is 1.11 bits per heavy atom. The van der Waals surface area contributed by atoms with Crippen LogP contribution in [-0.2, 0) is 33.1 Å². The monoisotopic (exact) mass is 397 g/mol. The van der Waals surface area contributed by atoms with Gasteiger partial charge in [0.05, 0.1) is 24.7 Å². The van der Waals surface area contributed by atoms with Gasteiger partial charge in [-0.25, -0.2) is 4.79 Å². The van der Waals surface area contributed by atoms with Crippen LogP contribution in [-0.4, -0.2) is 25.0 Å². The maximum absolute atomic E-state index is 12.8. The van der Waals surface area contributed by atoms with Crippen LogP contribution in [0.5, 0.6) is 0 Å². The van der Waals surface area contributed by atoms with Crippen molar-refractivity contribution in [3.05, 3.63) is 47.5 Å². The first kappa shape index (κ1) is 22.5. The van der Waals surface area contributed by atoms with Gasteiger partial charge in [0.2, 0.25) is 5.91 Å². The van der Waals surface area contributed by atoms with Gasteiger partial charge >= 0.3 is 18.3 Å². The Bertz CT molecular complexity index is 665. The Hall–Kier alpha value is -2.52. The maximum Gasteiger partial charge on any atom is 0.416 e. The van der Waals surface area contributed by atoms with Crippen LogP contribution in [0, 0.1) is 0 Å². The zero-order valence-electron chi connectivity index (χ0n) is 14.2. The Kier molecular flexibility index (Phi) is 7.44. The molecule has 27 heavy (non-hydrogen) atoms. The smallest absolute Gasteiger partial charge is 0.416 e. The van der Waals surface area contributed by atoms with Gasteiger partial charge in [-0.05, 0) is 36.6 Å². The normalized spacial score (nSPS) is 13.0. The first-order valence-corrected chi connectivity index (χ1v) is 7.65.